The summed E-state index contributed by atoms with van der Waals surface area (Å²) in [5.41, 5.74) is 6.90. The van der Waals surface area contributed by atoms with E-state index < -0.39 is 0 Å². The molecule has 1 amide bonds. The second kappa shape index (κ2) is 5.87. The Morgan fingerprint density at radius 3 is 2.67 bits per heavy atom. The van der Waals surface area contributed by atoms with Crippen LogP contribution in [0.25, 0.3) is 0 Å². The van der Waals surface area contributed by atoms with Gasteiger partial charge >= 0.3 is 0 Å². The predicted molar refractivity (Wildman–Crippen MR) is 73.9 cm³/mol. The van der Waals surface area contributed by atoms with E-state index in [4.69, 9.17) is 5.73 Å². The summed E-state index contributed by atoms with van der Waals surface area (Å²) in [4.78, 5) is 13.2. The highest BCUT2D eigenvalue weighted by atomic mass is 16.1. The topological polar surface area (TPSA) is 58.4 Å². The van der Waals surface area contributed by atoms with Crippen molar-refractivity contribution in [3.63, 3.8) is 0 Å². The van der Waals surface area contributed by atoms with Crippen molar-refractivity contribution in [3.05, 3.63) is 29.8 Å². The maximum Gasteiger partial charge on any atom is 0.248 e. The number of likely N-dealkylation sites (N-methyl/N-ethyl adjacent to an activating group) is 1. The monoisotopic (exact) mass is 247 g/mol. The number of nitrogens with zero attached hydrogens (tertiary/aromatic N) is 1. The molecule has 0 bridgehead atoms. The third-order valence-corrected chi connectivity index (χ3v) is 3.50. The number of nitrogens with one attached hydrogen (secondary N) is 1. The zero-order valence-electron chi connectivity index (χ0n) is 10.9. The number of hydrogen-bond donors (Lipinski definition) is 2. The lowest BCUT2D eigenvalue weighted by atomic mass is 10.0. The Morgan fingerprint density at radius 2 is 2.11 bits per heavy atom. The van der Waals surface area contributed by atoms with Gasteiger partial charge in [0.2, 0.25) is 5.91 Å². The number of carbonyl (C=O) groups excluding carboxylic acids is 1. The zero-order valence-corrected chi connectivity index (χ0v) is 10.9. The quantitative estimate of drug-likeness (QED) is 0.844. The summed E-state index contributed by atoms with van der Waals surface area (Å²) in [5.74, 6) is -0.377. The first kappa shape index (κ1) is 12.9. The van der Waals surface area contributed by atoms with E-state index in [1.165, 1.54) is 19.3 Å². The average Bonchev–Trinajstić information content (AvgIpc) is 2.40. The normalized spacial score (nSPS) is 19.5. The van der Waals surface area contributed by atoms with E-state index in [1.807, 2.05) is 12.1 Å². The average molecular weight is 247 g/mol. The number of anilines is 1. The molecule has 1 saturated heterocycles. The van der Waals surface area contributed by atoms with Crippen LogP contribution in [0.3, 0.4) is 0 Å². The van der Waals surface area contributed by atoms with Crippen molar-refractivity contribution in [2.45, 2.75) is 25.3 Å². The largest absolute Gasteiger partial charge is 0.373 e. The molecule has 0 aromatic heterocycles. The molecule has 1 aliphatic rings. The maximum absolute atomic E-state index is 11.0. The van der Waals surface area contributed by atoms with Crippen LogP contribution in [-0.4, -0.2) is 32.1 Å². The first-order valence-corrected chi connectivity index (χ1v) is 6.51. The fraction of sp³-hybridized carbons (Fsp3) is 0.500. The van der Waals surface area contributed by atoms with Crippen LogP contribution in [0.5, 0.6) is 0 Å². The van der Waals surface area contributed by atoms with Crippen molar-refractivity contribution in [3.8, 4) is 0 Å². The van der Waals surface area contributed by atoms with Gasteiger partial charge in [0, 0.05) is 30.9 Å². The van der Waals surface area contributed by atoms with E-state index >= 15 is 0 Å². The maximum atomic E-state index is 11.0. The van der Waals surface area contributed by atoms with Crippen LogP contribution in [-0.2, 0) is 0 Å². The molecule has 0 radical (unpaired) electrons. The molecule has 1 atom stereocenters. The molecule has 18 heavy (non-hydrogen) atoms. The molecule has 1 fully saturated rings. The SMILES string of the molecule is CN(CC1CCCCN1)c1ccc(C(N)=O)cc1. The molecule has 2 rings (SSSR count). The predicted octanol–water partition coefficient (Wildman–Crippen LogP) is 1.36. The number of carbonyl (C=O) groups is 1. The fourth-order valence-electron chi connectivity index (χ4n) is 2.40. The minimum atomic E-state index is -0.377. The Balaban J connectivity index is 1.95. The van der Waals surface area contributed by atoms with Crippen molar-refractivity contribution in [2.75, 3.05) is 25.0 Å². The van der Waals surface area contributed by atoms with Gasteiger partial charge in [0.15, 0.2) is 0 Å². The molecule has 0 aliphatic carbocycles. The van der Waals surface area contributed by atoms with Gasteiger partial charge in [-0.2, -0.15) is 0 Å². The molecule has 1 heterocycles. The molecular weight excluding hydrogens is 226 g/mol. The molecule has 4 heteroatoms. The lowest BCUT2D eigenvalue weighted by molar-refractivity contribution is 0.100. The van der Waals surface area contributed by atoms with Crippen LogP contribution < -0.4 is 16.0 Å². The van der Waals surface area contributed by atoms with Crippen LogP contribution in [0, 0.1) is 0 Å². The van der Waals surface area contributed by atoms with Gasteiger partial charge in [-0.1, -0.05) is 6.42 Å². The summed E-state index contributed by atoms with van der Waals surface area (Å²) in [6.07, 6.45) is 3.84. The molecule has 0 saturated carbocycles. The third kappa shape index (κ3) is 3.23. The first-order valence-electron chi connectivity index (χ1n) is 6.51. The van der Waals surface area contributed by atoms with Crippen molar-refractivity contribution < 1.29 is 4.79 Å². The number of benzene rings is 1. The van der Waals surface area contributed by atoms with Gasteiger partial charge < -0.3 is 16.0 Å². The minimum absolute atomic E-state index is 0.377. The van der Waals surface area contributed by atoms with E-state index in [0.29, 0.717) is 11.6 Å². The van der Waals surface area contributed by atoms with Crippen LogP contribution in [0.4, 0.5) is 5.69 Å². The van der Waals surface area contributed by atoms with Gasteiger partial charge in [-0.25, -0.2) is 0 Å². The molecular formula is C14H21N3O. The summed E-state index contributed by atoms with van der Waals surface area (Å²) in [6.45, 7) is 2.12. The van der Waals surface area contributed by atoms with Crippen LogP contribution >= 0.6 is 0 Å². The molecule has 3 N–H and O–H groups in total. The summed E-state index contributed by atoms with van der Waals surface area (Å²) >= 11 is 0. The van der Waals surface area contributed by atoms with Crippen LogP contribution in [0.1, 0.15) is 29.6 Å². The second-order valence-electron chi connectivity index (χ2n) is 4.94. The summed E-state index contributed by atoms with van der Waals surface area (Å²) in [5, 5.41) is 3.53. The number of amides is 1. The standard InChI is InChI=1S/C14H21N3O/c1-17(10-12-4-2-3-9-16-12)13-7-5-11(6-8-13)14(15)18/h5-8,12,16H,2-4,9-10H2,1H3,(H2,15,18). The Kier molecular flexibility index (Phi) is 4.20. The molecule has 1 aliphatic heterocycles. The number of hydrogen-bond acceptors (Lipinski definition) is 3. The highest BCUT2D eigenvalue weighted by Gasteiger charge is 2.14. The molecule has 1 unspecified atom stereocenters. The molecule has 1 aromatic rings. The van der Waals surface area contributed by atoms with Crippen LogP contribution in [0.15, 0.2) is 24.3 Å². The Bertz CT molecular complexity index is 396. The van der Waals surface area contributed by atoms with Gasteiger partial charge in [-0.3, -0.25) is 4.79 Å². The Hall–Kier alpha value is -1.55. The van der Waals surface area contributed by atoms with Crippen molar-refractivity contribution in [1.29, 1.82) is 0 Å². The smallest absolute Gasteiger partial charge is 0.248 e. The number of nitrogens with two attached hydrogens (primary N) is 1. The Morgan fingerprint density at radius 1 is 1.39 bits per heavy atom. The van der Waals surface area contributed by atoms with E-state index in [9.17, 15) is 4.79 Å². The molecule has 1 aromatic carbocycles. The zero-order chi connectivity index (χ0) is 13.0. The molecule has 0 spiro atoms. The van der Waals surface area contributed by atoms with Gasteiger partial charge in [-0.15, -0.1) is 0 Å². The van der Waals surface area contributed by atoms with E-state index in [0.717, 1.165) is 18.8 Å². The first-order chi connectivity index (χ1) is 8.66. The third-order valence-electron chi connectivity index (χ3n) is 3.50. The molecule has 98 valence electrons. The summed E-state index contributed by atoms with van der Waals surface area (Å²) in [7, 11) is 2.08. The highest BCUT2D eigenvalue weighted by Crippen LogP contribution is 2.16. The second-order valence-corrected chi connectivity index (χ2v) is 4.94. The van der Waals surface area contributed by atoms with E-state index in [1.54, 1.807) is 12.1 Å². The summed E-state index contributed by atoms with van der Waals surface area (Å²) in [6, 6.07) is 8.02. The van der Waals surface area contributed by atoms with Gasteiger partial charge in [0.25, 0.3) is 0 Å². The number of primary amides is 1. The minimum Gasteiger partial charge on any atom is -0.373 e. The summed E-state index contributed by atoms with van der Waals surface area (Å²) < 4.78 is 0. The van der Waals surface area contributed by atoms with E-state index in [2.05, 4.69) is 17.3 Å². The number of rotatable bonds is 4. The van der Waals surface area contributed by atoms with Crippen molar-refractivity contribution in [1.82, 2.24) is 5.32 Å². The van der Waals surface area contributed by atoms with Gasteiger partial charge in [0.1, 0.15) is 0 Å². The van der Waals surface area contributed by atoms with Crippen molar-refractivity contribution >= 4 is 11.6 Å². The van der Waals surface area contributed by atoms with Crippen LogP contribution in [0.2, 0.25) is 0 Å². The number of piperidine rings is 1. The lowest BCUT2D eigenvalue weighted by Gasteiger charge is -2.29. The molecule has 4 nitrogen and oxygen atoms in total. The highest BCUT2D eigenvalue weighted by molar-refractivity contribution is 5.93. The van der Waals surface area contributed by atoms with E-state index in [-0.39, 0.29) is 5.91 Å². The van der Waals surface area contributed by atoms with Crippen molar-refractivity contribution in [2.24, 2.45) is 5.73 Å². The Labute approximate surface area is 108 Å². The lowest BCUT2D eigenvalue weighted by Crippen LogP contribution is -2.42. The van der Waals surface area contributed by atoms with Gasteiger partial charge in [0.05, 0.1) is 0 Å². The fourth-order valence-corrected chi connectivity index (χ4v) is 2.40. The van der Waals surface area contributed by atoms with Gasteiger partial charge in [-0.05, 0) is 43.7 Å².